The first-order chi connectivity index (χ1) is 12.6. The Labute approximate surface area is 154 Å². The Morgan fingerprint density at radius 2 is 1.92 bits per heavy atom. The lowest BCUT2D eigenvalue weighted by molar-refractivity contribution is 0.124. The van der Waals surface area contributed by atoms with E-state index >= 15 is 0 Å². The molecule has 2 aromatic rings. The molecule has 7 heteroatoms. The number of ether oxygens (including phenoxy) is 1. The minimum Gasteiger partial charge on any atom is -0.473 e. The first kappa shape index (κ1) is 17.4. The molecule has 2 aliphatic rings. The largest absolute Gasteiger partial charge is 0.473 e. The number of aromatic nitrogens is 2. The zero-order valence-electron chi connectivity index (χ0n) is 14.7. The summed E-state index contributed by atoms with van der Waals surface area (Å²) in [6, 6.07) is 7.31. The van der Waals surface area contributed by atoms with Crippen molar-refractivity contribution in [2.24, 2.45) is 0 Å². The van der Waals surface area contributed by atoms with Gasteiger partial charge < -0.3 is 4.74 Å². The standard InChI is InChI=1S/C19H23N3O3S/c23-26(24,18-8-7-15-4-1-2-5-16(15)12-18)22-11-3-6-17(13-22)25-19-9-10-20-14-21-19/h7-10,12,14,17H,1-6,11,13H2. The zero-order chi connectivity index (χ0) is 18.0. The van der Waals surface area contributed by atoms with Crippen LogP contribution in [0.25, 0.3) is 0 Å². The summed E-state index contributed by atoms with van der Waals surface area (Å²) in [6.07, 6.45) is 8.80. The number of aryl methyl sites for hydroxylation is 2. The predicted octanol–water partition coefficient (Wildman–Crippen LogP) is 2.59. The van der Waals surface area contributed by atoms with Gasteiger partial charge in [-0.15, -0.1) is 0 Å². The maximum atomic E-state index is 13.1. The Balaban J connectivity index is 1.52. The molecular formula is C19H23N3O3S. The van der Waals surface area contributed by atoms with Gasteiger partial charge in [0.25, 0.3) is 0 Å². The van der Waals surface area contributed by atoms with Gasteiger partial charge in [-0.25, -0.2) is 18.4 Å². The van der Waals surface area contributed by atoms with Gasteiger partial charge in [-0.2, -0.15) is 4.31 Å². The van der Waals surface area contributed by atoms with Crippen LogP contribution < -0.4 is 4.74 Å². The number of hydrogen-bond acceptors (Lipinski definition) is 5. The van der Waals surface area contributed by atoms with Crippen LogP contribution in [-0.2, 0) is 22.9 Å². The monoisotopic (exact) mass is 373 g/mol. The Morgan fingerprint density at radius 3 is 2.73 bits per heavy atom. The quantitative estimate of drug-likeness (QED) is 0.824. The van der Waals surface area contributed by atoms with E-state index in [1.807, 2.05) is 12.1 Å². The molecule has 0 N–H and O–H groups in total. The fourth-order valence-corrected chi connectivity index (χ4v) is 5.32. The van der Waals surface area contributed by atoms with Gasteiger partial charge in [0.1, 0.15) is 12.4 Å². The van der Waals surface area contributed by atoms with Crippen molar-refractivity contribution in [2.45, 2.75) is 49.5 Å². The van der Waals surface area contributed by atoms with E-state index in [2.05, 4.69) is 9.97 Å². The minimum absolute atomic E-state index is 0.189. The van der Waals surface area contributed by atoms with Crippen molar-refractivity contribution in [3.05, 3.63) is 47.9 Å². The molecule has 2 heterocycles. The molecule has 0 saturated carbocycles. The van der Waals surface area contributed by atoms with Crippen LogP contribution in [-0.4, -0.2) is 41.9 Å². The molecule has 1 aliphatic heterocycles. The SMILES string of the molecule is O=S(=O)(c1ccc2c(c1)CCCC2)N1CCCC(Oc2ccncn2)C1. The van der Waals surface area contributed by atoms with E-state index in [1.165, 1.54) is 23.9 Å². The molecule has 0 spiro atoms. The van der Waals surface area contributed by atoms with Crippen molar-refractivity contribution in [1.29, 1.82) is 0 Å². The summed E-state index contributed by atoms with van der Waals surface area (Å²) in [5, 5.41) is 0. The number of hydrogen-bond donors (Lipinski definition) is 0. The molecule has 1 saturated heterocycles. The van der Waals surface area contributed by atoms with Crippen LogP contribution in [0.15, 0.2) is 41.7 Å². The summed E-state index contributed by atoms with van der Waals surface area (Å²) < 4.78 is 33.6. The maximum Gasteiger partial charge on any atom is 0.243 e. The van der Waals surface area contributed by atoms with Crippen LogP contribution in [0.2, 0.25) is 0 Å². The zero-order valence-corrected chi connectivity index (χ0v) is 15.5. The van der Waals surface area contributed by atoms with Gasteiger partial charge >= 0.3 is 0 Å². The van der Waals surface area contributed by atoms with E-state index in [-0.39, 0.29) is 6.10 Å². The fraction of sp³-hybridized carbons (Fsp3) is 0.474. The third kappa shape index (κ3) is 3.59. The van der Waals surface area contributed by atoms with E-state index in [1.54, 1.807) is 22.6 Å². The molecule has 4 rings (SSSR count). The van der Waals surface area contributed by atoms with Gasteiger partial charge in [0.2, 0.25) is 15.9 Å². The summed E-state index contributed by atoms with van der Waals surface area (Å²) in [4.78, 5) is 8.34. The van der Waals surface area contributed by atoms with Crippen LogP contribution in [0, 0.1) is 0 Å². The average Bonchev–Trinajstić information content (AvgIpc) is 2.68. The lowest BCUT2D eigenvalue weighted by Crippen LogP contribution is -2.44. The second-order valence-electron chi connectivity index (χ2n) is 6.93. The third-order valence-corrected chi connectivity index (χ3v) is 7.00. The van der Waals surface area contributed by atoms with Gasteiger partial charge in [0.15, 0.2) is 0 Å². The Hall–Kier alpha value is -1.99. The second-order valence-corrected chi connectivity index (χ2v) is 8.87. The molecule has 1 unspecified atom stereocenters. The van der Waals surface area contributed by atoms with Crippen LogP contribution in [0.3, 0.4) is 0 Å². The molecule has 1 atom stereocenters. The number of rotatable bonds is 4. The number of fused-ring (bicyclic) bond motifs is 1. The molecule has 1 fully saturated rings. The van der Waals surface area contributed by atoms with Crippen molar-refractivity contribution in [2.75, 3.05) is 13.1 Å². The van der Waals surface area contributed by atoms with E-state index in [9.17, 15) is 8.42 Å². The highest BCUT2D eigenvalue weighted by Crippen LogP contribution is 2.27. The number of piperidine rings is 1. The highest BCUT2D eigenvalue weighted by Gasteiger charge is 2.31. The lowest BCUT2D eigenvalue weighted by Gasteiger charge is -2.32. The summed E-state index contributed by atoms with van der Waals surface area (Å²) in [6.45, 7) is 0.881. The maximum absolute atomic E-state index is 13.1. The van der Waals surface area contributed by atoms with Crippen molar-refractivity contribution >= 4 is 10.0 Å². The molecule has 0 radical (unpaired) electrons. The normalized spacial score (nSPS) is 21.2. The molecule has 26 heavy (non-hydrogen) atoms. The summed E-state index contributed by atoms with van der Waals surface area (Å²) in [5.41, 5.74) is 2.47. The molecular weight excluding hydrogens is 350 g/mol. The van der Waals surface area contributed by atoms with Crippen molar-refractivity contribution in [3.8, 4) is 5.88 Å². The van der Waals surface area contributed by atoms with E-state index in [4.69, 9.17) is 4.74 Å². The topological polar surface area (TPSA) is 72.4 Å². The number of nitrogens with zero attached hydrogens (tertiary/aromatic N) is 3. The molecule has 138 valence electrons. The molecule has 1 aromatic carbocycles. The molecule has 1 aliphatic carbocycles. The smallest absolute Gasteiger partial charge is 0.243 e. The minimum atomic E-state index is -3.50. The highest BCUT2D eigenvalue weighted by atomic mass is 32.2. The predicted molar refractivity (Wildman–Crippen MR) is 97.5 cm³/mol. The molecule has 0 amide bonds. The van der Waals surface area contributed by atoms with E-state index in [0.717, 1.165) is 32.1 Å². The Bertz CT molecular complexity index is 871. The molecule has 0 bridgehead atoms. The number of benzene rings is 1. The van der Waals surface area contributed by atoms with Crippen LogP contribution >= 0.6 is 0 Å². The summed E-state index contributed by atoms with van der Waals surface area (Å²) in [7, 11) is -3.50. The van der Waals surface area contributed by atoms with Crippen LogP contribution in [0.4, 0.5) is 0 Å². The van der Waals surface area contributed by atoms with E-state index in [0.29, 0.717) is 23.9 Å². The first-order valence-electron chi connectivity index (χ1n) is 9.17. The van der Waals surface area contributed by atoms with Gasteiger partial charge in [-0.05, 0) is 61.8 Å². The second kappa shape index (κ2) is 7.32. The number of sulfonamides is 1. The highest BCUT2D eigenvalue weighted by molar-refractivity contribution is 7.89. The van der Waals surface area contributed by atoms with Gasteiger partial charge in [-0.3, -0.25) is 0 Å². The summed E-state index contributed by atoms with van der Waals surface area (Å²) >= 11 is 0. The van der Waals surface area contributed by atoms with Gasteiger partial charge in [0, 0.05) is 18.8 Å². The Kier molecular flexibility index (Phi) is 4.91. The van der Waals surface area contributed by atoms with Crippen molar-refractivity contribution in [3.63, 3.8) is 0 Å². The average molecular weight is 373 g/mol. The third-order valence-electron chi connectivity index (χ3n) is 5.14. The fourth-order valence-electron chi connectivity index (χ4n) is 3.76. The molecule has 6 nitrogen and oxygen atoms in total. The van der Waals surface area contributed by atoms with Gasteiger partial charge in [-0.1, -0.05) is 6.07 Å². The first-order valence-corrected chi connectivity index (χ1v) is 10.6. The van der Waals surface area contributed by atoms with E-state index < -0.39 is 10.0 Å². The van der Waals surface area contributed by atoms with Crippen LogP contribution in [0.1, 0.15) is 36.8 Å². The lowest BCUT2D eigenvalue weighted by atomic mass is 9.92. The van der Waals surface area contributed by atoms with Crippen LogP contribution in [0.5, 0.6) is 5.88 Å². The Morgan fingerprint density at radius 1 is 1.08 bits per heavy atom. The summed E-state index contributed by atoms with van der Waals surface area (Å²) in [5.74, 6) is 0.484. The van der Waals surface area contributed by atoms with Crippen molar-refractivity contribution in [1.82, 2.24) is 14.3 Å². The van der Waals surface area contributed by atoms with Crippen molar-refractivity contribution < 1.29 is 13.2 Å². The molecule has 1 aromatic heterocycles. The van der Waals surface area contributed by atoms with Gasteiger partial charge in [0.05, 0.1) is 11.4 Å².